The van der Waals surface area contributed by atoms with Crippen LogP contribution in [0.15, 0.2) is 16.9 Å². The summed E-state index contributed by atoms with van der Waals surface area (Å²) in [5.41, 5.74) is 0.463. The van der Waals surface area contributed by atoms with Gasteiger partial charge in [-0.25, -0.2) is 4.79 Å². The molecule has 0 bridgehead atoms. The Labute approximate surface area is 89.0 Å². The van der Waals surface area contributed by atoms with E-state index in [9.17, 15) is 9.59 Å². The number of methoxy groups -OCH3 is 1. The lowest BCUT2D eigenvalue weighted by molar-refractivity contribution is 0.0601. The minimum Gasteiger partial charge on any atom is -0.465 e. The fourth-order valence-electron chi connectivity index (χ4n) is 1.36. The molecular weight excluding hydrogens is 220 g/mol. The molecule has 0 saturated heterocycles. The lowest BCUT2D eigenvalue weighted by Gasteiger charge is -1.99. The van der Waals surface area contributed by atoms with Crippen LogP contribution in [0.1, 0.15) is 10.4 Å². The van der Waals surface area contributed by atoms with Crippen LogP contribution >= 0.6 is 11.6 Å². The van der Waals surface area contributed by atoms with Crippen molar-refractivity contribution in [3.8, 4) is 0 Å². The highest BCUT2D eigenvalue weighted by Gasteiger charge is 2.12. The summed E-state index contributed by atoms with van der Waals surface area (Å²) < 4.78 is 4.55. The number of esters is 1. The van der Waals surface area contributed by atoms with Gasteiger partial charge in [-0.05, 0) is 12.1 Å². The predicted octanol–water partition coefficient (Wildman–Crippen LogP) is 1.30. The number of carbonyl (C=O) groups is 1. The fourth-order valence-corrected chi connectivity index (χ4v) is 1.66. The van der Waals surface area contributed by atoms with Crippen molar-refractivity contribution < 1.29 is 9.53 Å². The highest BCUT2D eigenvalue weighted by molar-refractivity contribution is 6.35. The van der Waals surface area contributed by atoms with Gasteiger partial charge in [0, 0.05) is 0 Å². The van der Waals surface area contributed by atoms with E-state index in [0.717, 1.165) is 0 Å². The number of aromatic amines is 2. The molecule has 0 unspecified atom stereocenters. The standard InChI is InChI=1S/C9H7ClN2O3/c1-15-9(14)4-2-5(10)7-6(3-4)11-12-8(7)13/h2-3H,1H3,(H2,11,12,13). The number of ether oxygens (including phenoxy) is 1. The van der Waals surface area contributed by atoms with Crippen molar-refractivity contribution in [1.29, 1.82) is 0 Å². The molecule has 2 rings (SSSR count). The summed E-state index contributed by atoms with van der Waals surface area (Å²) in [6.07, 6.45) is 0. The topological polar surface area (TPSA) is 75.0 Å². The zero-order valence-corrected chi connectivity index (χ0v) is 8.51. The Balaban J connectivity index is 2.74. The van der Waals surface area contributed by atoms with E-state index in [1.165, 1.54) is 19.2 Å². The summed E-state index contributed by atoms with van der Waals surface area (Å²) in [5, 5.41) is 5.56. The van der Waals surface area contributed by atoms with Crippen molar-refractivity contribution in [2.24, 2.45) is 0 Å². The molecule has 0 amide bonds. The molecule has 1 heterocycles. The van der Waals surface area contributed by atoms with Crippen LogP contribution in [0.5, 0.6) is 0 Å². The zero-order chi connectivity index (χ0) is 11.0. The van der Waals surface area contributed by atoms with Gasteiger partial charge in [-0.3, -0.25) is 15.0 Å². The molecule has 0 fully saturated rings. The number of carbonyl (C=O) groups excluding carboxylic acids is 1. The molecule has 0 radical (unpaired) electrons. The number of hydrogen-bond donors (Lipinski definition) is 2. The van der Waals surface area contributed by atoms with Gasteiger partial charge in [-0.2, -0.15) is 0 Å². The third kappa shape index (κ3) is 1.50. The average molecular weight is 227 g/mol. The first-order chi connectivity index (χ1) is 7.13. The Kier molecular flexibility index (Phi) is 2.24. The molecule has 2 N–H and O–H groups in total. The Morgan fingerprint density at radius 2 is 2.13 bits per heavy atom. The summed E-state index contributed by atoms with van der Waals surface area (Å²) in [5.74, 6) is -0.499. The Bertz CT molecular complexity index is 585. The number of hydrogen-bond acceptors (Lipinski definition) is 3. The zero-order valence-electron chi connectivity index (χ0n) is 7.76. The minimum atomic E-state index is -0.499. The predicted molar refractivity (Wildman–Crippen MR) is 55.3 cm³/mol. The largest absolute Gasteiger partial charge is 0.465 e. The lowest BCUT2D eigenvalue weighted by Crippen LogP contribution is -2.02. The minimum absolute atomic E-state index is 0.218. The molecule has 0 atom stereocenters. The first-order valence-electron chi connectivity index (χ1n) is 4.11. The van der Waals surface area contributed by atoms with E-state index in [1.54, 1.807) is 0 Å². The first kappa shape index (κ1) is 9.79. The van der Waals surface area contributed by atoms with Crippen LogP contribution in [0.3, 0.4) is 0 Å². The highest BCUT2D eigenvalue weighted by atomic mass is 35.5. The quantitative estimate of drug-likeness (QED) is 0.720. The van der Waals surface area contributed by atoms with E-state index >= 15 is 0 Å². The van der Waals surface area contributed by atoms with E-state index in [0.29, 0.717) is 16.5 Å². The van der Waals surface area contributed by atoms with E-state index in [1.807, 2.05) is 0 Å². The summed E-state index contributed by atoms with van der Waals surface area (Å²) in [4.78, 5) is 22.5. The second-order valence-corrected chi connectivity index (χ2v) is 3.36. The van der Waals surface area contributed by atoms with Gasteiger partial charge in [-0.1, -0.05) is 11.6 Å². The molecule has 1 aromatic heterocycles. The van der Waals surface area contributed by atoms with Crippen LogP contribution in [-0.4, -0.2) is 23.3 Å². The average Bonchev–Trinajstić information content (AvgIpc) is 2.59. The Morgan fingerprint density at radius 1 is 1.40 bits per heavy atom. The molecule has 0 aliphatic carbocycles. The van der Waals surface area contributed by atoms with Gasteiger partial charge in [0.15, 0.2) is 0 Å². The van der Waals surface area contributed by atoms with Crippen molar-refractivity contribution in [3.63, 3.8) is 0 Å². The molecule has 0 spiro atoms. The van der Waals surface area contributed by atoms with Crippen molar-refractivity contribution in [3.05, 3.63) is 33.1 Å². The molecule has 78 valence electrons. The number of fused-ring (bicyclic) bond motifs is 1. The summed E-state index contributed by atoms with van der Waals surface area (Å²) in [6, 6.07) is 2.91. The molecule has 2 aromatic rings. The molecule has 0 aliphatic rings. The van der Waals surface area contributed by atoms with E-state index < -0.39 is 5.97 Å². The van der Waals surface area contributed by atoms with Gasteiger partial charge < -0.3 is 4.74 Å². The van der Waals surface area contributed by atoms with E-state index in [-0.39, 0.29) is 10.6 Å². The number of halogens is 1. The van der Waals surface area contributed by atoms with E-state index in [2.05, 4.69) is 14.9 Å². The van der Waals surface area contributed by atoms with E-state index in [4.69, 9.17) is 11.6 Å². The molecule has 15 heavy (non-hydrogen) atoms. The first-order valence-corrected chi connectivity index (χ1v) is 4.49. The summed E-state index contributed by atoms with van der Waals surface area (Å²) in [7, 11) is 1.28. The van der Waals surface area contributed by atoms with Gasteiger partial charge in [0.05, 0.1) is 28.6 Å². The van der Waals surface area contributed by atoms with Gasteiger partial charge >= 0.3 is 5.97 Å². The molecule has 0 saturated carbocycles. The van der Waals surface area contributed by atoms with Crippen LogP contribution in [-0.2, 0) is 4.74 Å². The summed E-state index contributed by atoms with van der Waals surface area (Å²) >= 11 is 5.86. The summed E-state index contributed by atoms with van der Waals surface area (Å²) in [6.45, 7) is 0. The van der Waals surface area contributed by atoms with Crippen LogP contribution in [0.2, 0.25) is 5.02 Å². The monoisotopic (exact) mass is 226 g/mol. The Morgan fingerprint density at radius 3 is 2.80 bits per heavy atom. The highest BCUT2D eigenvalue weighted by Crippen LogP contribution is 2.21. The molecular formula is C9H7ClN2O3. The maximum atomic E-state index is 11.3. The van der Waals surface area contributed by atoms with Crippen LogP contribution in [0.4, 0.5) is 0 Å². The van der Waals surface area contributed by atoms with Gasteiger partial charge in [-0.15, -0.1) is 0 Å². The lowest BCUT2D eigenvalue weighted by atomic mass is 10.1. The fraction of sp³-hybridized carbons (Fsp3) is 0.111. The second-order valence-electron chi connectivity index (χ2n) is 2.95. The SMILES string of the molecule is COC(=O)c1cc(Cl)c2c(=O)[nH][nH]c2c1. The van der Waals surface area contributed by atoms with Crippen LogP contribution in [0, 0.1) is 0 Å². The van der Waals surface area contributed by atoms with Crippen molar-refractivity contribution in [2.75, 3.05) is 7.11 Å². The third-order valence-electron chi connectivity index (χ3n) is 2.05. The van der Waals surface area contributed by atoms with Gasteiger partial charge in [0.1, 0.15) is 0 Å². The number of aromatic nitrogens is 2. The van der Waals surface area contributed by atoms with Crippen LogP contribution < -0.4 is 5.56 Å². The molecule has 6 heteroatoms. The third-order valence-corrected chi connectivity index (χ3v) is 2.35. The molecule has 5 nitrogen and oxygen atoms in total. The molecule has 0 aliphatic heterocycles. The molecule has 1 aromatic carbocycles. The number of rotatable bonds is 1. The number of H-pyrrole nitrogens is 2. The van der Waals surface area contributed by atoms with Crippen molar-refractivity contribution in [2.45, 2.75) is 0 Å². The van der Waals surface area contributed by atoms with Crippen LogP contribution in [0.25, 0.3) is 10.9 Å². The van der Waals surface area contributed by atoms with Gasteiger partial charge in [0.2, 0.25) is 0 Å². The van der Waals surface area contributed by atoms with Gasteiger partial charge in [0.25, 0.3) is 5.56 Å². The normalized spacial score (nSPS) is 10.5. The van der Waals surface area contributed by atoms with Crippen molar-refractivity contribution >= 4 is 28.5 Å². The van der Waals surface area contributed by atoms with Crippen molar-refractivity contribution in [1.82, 2.24) is 10.2 Å². The smallest absolute Gasteiger partial charge is 0.337 e. The second kappa shape index (κ2) is 3.43. The maximum absolute atomic E-state index is 11.3. The number of nitrogens with one attached hydrogen (secondary N) is 2. The maximum Gasteiger partial charge on any atom is 0.337 e. The Hall–Kier alpha value is -1.75. The number of benzene rings is 1.